The summed E-state index contributed by atoms with van der Waals surface area (Å²) < 4.78 is 0. The average Bonchev–Trinajstić information content (AvgIpc) is 2.11. The van der Waals surface area contributed by atoms with Crippen LogP contribution in [0.3, 0.4) is 0 Å². The van der Waals surface area contributed by atoms with E-state index in [-0.39, 0.29) is 6.54 Å². The van der Waals surface area contributed by atoms with Crippen molar-refractivity contribution in [3.63, 3.8) is 0 Å². The van der Waals surface area contributed by atoms with Gasteiger partial charge in [0.25, 0.3) is 0 Å². The minimum absolute atomic E-state index is 0.186. The third kappa shape index (κ3) is 4.97. The number of hydrogen-bond donors (Lipinski definition) is 1. The molecule has 1 saturated carbocycles. The molecule has 3 heteroatoms. The number of aliphatic carboxylic acids is 1. The van der Waals surface area contributed by atoms with Crippen LogP contribution in [0.1, 0.15) is 53.9 Å². The summed E-state index contributed by atoms with van der Waals surface area (Å²) in [6.07, 6.45) is 3.52. The van der Waals surface area contributed by atoms with Crippen LogP contribution in [-0.2, 0) is 4.79 Å². The van der Waals surface area contributed by atoms with Crippen molar-refractivity contribution in [2.75, 3.05) is 13.1 Å². The van der Waals surface area contributed by atoms with Gasteiger partial charge in [0.05, 0.1) is 6.54 Å². The molecule has 2 unspecified atom stereocenters. The van der Waals surface area contributed by atoms with Gasteiger partial charge in [-0.25, -0.2) is 0 Å². The van der Waals surface area contributed by atoms with Gasteiger partial charge in [-0.1, -0.05) is 34.6 Å². The predicted molar refractivity (Wildman–Crippen MR) is 74.6 cm³/mol. The highest BCUT2D eigenvalue weighted by atomic mass is 16.4. The van der Waals surface area contributed by atoms with Crippen LogP contribution in [0.5, 0.6) is 0 Å². The van der Waals surface area contributed by atoms with Crippen molar-refractivity contribution >= 4 is 5.97 Å². The molecule has 1 N–H and O–H groups in total. The Morgan fingerprint density at radius 1 is 1.39 bits per heavy atom. The van der Waals surface area contributed by atoms with Crippen LogP contribution >= 0.6 is 0 Å². The molecular weight excluding hydrogens is 226 g/mol. The Labute approximate surface area is 112 Å². The monoisotopic (exact) mass is 255 g/mol. The van der Waals surface area contributed by atoms with Gasteiger partial charge >= 0.3 is 5.97 Å². The van der Waals surface area contributed by atoms with E-state index in [0.717, 1.165) is 19.4 Å². The smallest absolute Gasteiger partial charge is 0.317 e. The number of carbonyl (C=O) groups is 1. The second-order valence-electron chi connectivity index (χ2n) is 7.28. The molecular formula is C15H29NO2. The first-order valence-electron chi connectivity index (χ1n) is 7.15. The van der Waals surface area contributed by atoms with Crippen molar-refractivity contribution < 1.29 is 9.90 Å². The van der Waals surface area contributed by atoms with E-state index < -0.39 is 5.97 Å². The highest BCUT2D eigenvalue weighted by molar-refractivity contribution is 5.69. The summed E-state index contributed by atoms with van der Waals surface area (Å²) in [4.78, 5) is 13.2. The lowest BCUT2D eigenvalue weighted by Crippen LogP contribution is -2.46. The zero-order valence-corrected chi connectivity index (χ0v) is 12.6. The van der Waals surface area contributed by atoms with Crippen molar-refractivity contribution in [3.05, 3.63) is 0 Å². The Morgan fingerprint density at radius 2 is 2.00 bits per heavy atom. The van der Waals surface area contributed by atoms with Gasteiger partial charge in [0, 0.05) is 12.6 Å². The minimum atomic E-state index is -0.702. The van der Waals surface area contributed by atoms with Crippen molar-refractivity contribution in [2.45, 2.75) is 59.9 Å². The lowest BCUT2D eigenvalue weighted by atomic mass is 9.70. The zero-order chi connectivity index (χ0) is 13.9. The number of rotatable bonds is 5. The van der Waals surface area contributed by atoms with Crippen molar-refractivity contribution in [3.8, 4) is 0 Å². The molecule has 0 spiro atoms. The van der Waals surface area contributed by atoms with E-state index in [0.29, 0.717) is 23.3 Å². The fraction of sp³-hybridized carbons (Fsp3) is 0.933. The maximum atomic E-state index is 11.0. The van der Waals surface area contributed by atoms with Crippen LogP contribution in [0.25, 0.3) is 0 Å². The number of carboxylic acid groups (broad SMARTS) is 1. The summed E-state index contributed by atoms with van der Waals surface area (Å²) in [5.41, 5.74) is 0.343. The Kier molecular flexibility index (Phi) is 5.20. The van der Waals surface area contributed by atoms with E-state index in [1.807, 2.05) is 0 Å². The van der Waals surface area contributed by atoms with Crippen molar-refractivity contribution in [2.24, 2.45) is 17.3 Å². The van der Waals surface area contributed by atoms with E-state index in [9.17, 15) is 4.79 Å². The first-order chi connectivity index (χ1) is 8.19. The zero-order valence-electron chi connectivity index (χ0n) is 12.6. The first kappa shape index (κ1) is 15.5. The molecule has 3 nitrogen and oxygen atoms in total. The molecule has 0 aromatic rings. The number of hydrogen-bond acceptors (Lipinski definition) is 2. The standard InChI is InChI=1S/C15H29NO2/c1-11(2)9-16(10-14(17)18)13-6-12(3)7-15(4,5)8-13/h11-13H,6-10H2,1-5H3,(H,17,18). The van der Waals surface area contributed by atoms with Gasteiger partial charge < -0.3 is 5.11 Å². The highest BCUT2D eigenvalue weighted by Crippen LogP contribution is 2.40. The van der Waals surface area contributed by atoms with Crippen molar-refractivity contribution in [1.82, 2.24) is 4.90 Å². The predicted octanol–water partition coefficient (Wildman–Crippen LogP) is 3.24. The third-order valence-corrected chi connectivity index (χ3v) is 3.82. The van der Waals surface area contributed by atoms with Gasteiger partial charge in [0.2, 0.25) is 0 Å². The van der Waals surface area contributed by atoms with Gasteiger partial charge in [-0.05, 0) is 36.5 Å². The second kappa shape index (κ2) is 6.05. The van der Waals surface area contributed by atoms with E-state index in [2.05, 4.69) is 39.5 Å². The molecule has 0 radical (unpaired) electrons. The third-order valence-electron chi connectivity index (χ3n) is 3.82. The molecule has 0 bridgehead atoms. The molecule has 1 rings (SSSR count). The fourth-order valence-corrected chi connectivity index (χ4v) is 3.56. The Bertz CT molecular complexity index is 286. The topological polar surface area (TPSA) is 40.5 Å². The Morgan fingerprint density at radius 3 is 2.44 bits per heavy atom. The van der Waals surface area contributed by atoms with Gasteiger partial charge in [-0.2, -0.15) is 0 Å². The van der Waals surface area contributed by atoms with Crippen LogP contribution in [0, 0.1) is 17.3 Å². The normalized spacial score (nSPS) is 27.7. The molecule has 1 fully saturated rings. The highest BCUT2D eigenvalue weighted by Gasteiger charge is 2.35. The SMILES string of the molecule is CC(C)CN(CC(=O)O)C1CC(C)CC(C)(C)C1. The van der Waals surface area contributed by atoms with Gasteiger partial charge in [0.1, 0.15) is 0 Å². The molecule has 0 aliphatic heterocycles. The molecule has 0 heterocycles. The summed E-state index contributed by atoms with van der Waals surface area (Å²) in [5, 5.41) is 9.08. The summed E-state index contributed by atoms with van der Waals surface area (Å²) in [5.74, 6) is 0.513. The number of nitrogens with zero attached hydrogens (tertiary/aromatic N) is 1. The molecule has 2 atom stereocenters. The molecule has 1 aliphatic rings. The first-order valence-corrected chi connectivity index (χ1v) is 7.15. The molecule has 0 aromatic heterocycles. The van der Waals surface area contributed by atoms with Crippen LogP contribution in [-0.4, -0.2) is 35.1 Å². The number of carboxylic acids is 1. The van der Waals surface area contributed by atoms with Crippen LogP contribution in [0.4, 0.5) is 0 Å². The molecule has 0 amide bonds. The lowest BCUT2D eigenvalue weighted by molar-refractivity contribution is -0.139. The summed E-state index contributed by atoms with van der Waals surface area (Å²) >= 11 is 0. The fourth-order valence-electron chi connectivity index (χ4n) is 3.56. The maximum absolute atomic E-state index is 11.0. The Balaban J connectivity index is 2.73. The van der Waals surface area contributed by atoms with E-state index in [1.54, 1.807) is 0 Å². The molecule has 0 aromatic carbocycles. The van der Waals surface area contributed by atoms with Crippen LogP contribution in [0.2, 0.25) is 0 Å². The van der Waals surface area contributed by atoms with E-state index in [4.69, 9.17) is 5.11 Å². The quantitative estimate of drug-likeness (QED) is 0.820. The summed E-state index contributed by atoms with van der Waals surface area (Å²) in [6.45, 7) is 12.3. The van der Waals surface area contributed by atoms with E-state index >= 15 is 0 Å². The van der Waals surface area contributed by atoms with Gasteiger partial charge in [-0.3, -0.25) is 9.69 Å². The minimum Gasteiger partial charge on any atom is -0.480 e. The van der Waals surface area contributed by atoms with Crippen molar-refractivity contribution in [1.29, 1.82) is 0 Å². The average molecular weight is 255 g/mol. The molecule has 18 heavy (non-hydrogen) atoms. The molecule has 0 saturated heterocycles. The second-order valence-corrected chi connectivity index (χ2v) is 7.28. The van der Waals surface area contributed by atoms with Crippen LogP contribution in [0.15, 0.2) is 0 Å². The Hall–Kier alpha value is -0.570. The maximum Gasteiger partial charge on any atom is 0.317 e. The summed E-state index contributed by atoms with van der Waals surface area (Å²) in [6, 6.07) is 0.433. The van der Waals surface area contributed by atoms with Gasteiger partial charge in [-0.15, -0.1) is 0 Å². The van der Waals surface area contributed by atoms with Crippen LogP contribution < -0.4 is 0 Å². The van der Waals surface area contributed by atoms with E-state index in [1.165, 1.54) is 6.42 Å². The molecule has 106 valence electrons. The van der Waals surface area contributed by atoms with Gasteiger partial charge in [0.15, 0.2) is 0 Å². The summed E-state index contributed by atoms with van der Waals surface area (Å²) in [7, 11) is 0. The largest absolute Gasteiger partial charge is 0.480 e. The lowest BCUT2D eigenvalue weighted by Gasteiger charge is -2.44. The molecule has 1 aliphatic carbocycles.